The molecule has 0 aliphatic carbocycles. The second kappa shape index (κ2) is 9.14. The summed E-state index contributed by atoms with van der Waals surface area (Å²) in [6.45, 7) is 0. The van der Waals surface area contributed by atoms with Gasteiger partial charge in [0.15, 0.2) is 6.10 Å². The number of phenols is 2. The first-order chi connectivity index (χ1) is 14.3. The van der Waals surface area contributed by atoms with Gasteiger partial charge in [-0.05, 0) is 35.4 Å². The second-order valence-electron chi connectivity index (χ2n) is 6.72. The van der Waals surface area contributed by atoms with Crippen LogP contribution in [0.3, 0.4) is 0 Å². The van der Waals surface area contributed by atoms with E-state index in [4.69, 9.17) is 9.47 Å². The van der Waals surface area contributed by atoms with E-state index in [2.05, 4.69) is 4.74 Å². The topological polar surface area (TPSA) is 146 Å². The average Bonchev–Trinajstić information content (AvgIpc) is 2.72. The maximum absolute atomic E-state index is 11.7. The molecule has 0 radical (unpaired) electrons. The van der Waals surface area contributed by atoms with Gasteiger partial charge in [-0.1, -0.05) is 24.3 Å². The molecule has 5 N–H and O–H groups in total. The van der Waals surface area contributed by atoms with Crippen LogP contribution in [0.5, 0.6) is 17.2 Å². The quantitative estimate of drug-likeness (QED) is 0.348. The third-order valence-electron chi connectivity index (χ3n) is 4.53. The summed E-state index contributed by atoms with van der Waals surface area (Å²) in [7, 11) is 1.11. The van der Waals surface area contributed by atoms with E-state index in [1.807, 2.05) is 0 Å². The van der Waals surface area contributed by atoms with Crippen molar-refractivity contribution in [2.24, 2.45) is 0 Å². The molecule has 0 spiro atoms. The first-order valence-corrected chi connectivity index (χ1v) is 9.04. The van der Waals surface area contributed by atoms with Crippen LogP contribution in [0.1, 0.15) is 11.1 Å². The Hall–Kier alpha value is -3.11. The Morgan fingerprint density at radius 2 is 1.50 bits per heavy atom. The third kappa shape index (κ3) is 4.89. The summed E-state index contributed by atoms with van der Waals surface area (Å²) in [5.74, 6) is -0.720. The van der Waals surface area contributed by atoms with Crippen molar-refractivity contribution in [2.45, 2.75) is 30.7 Å². The molecule has 2 aromatic rings. The van der Waals surface area contributed by atoms with Crippen LogP contribution in [0.4, 0.5) is 0 Å². The summed E-state index contributed by atoms with van der Waals surface area (Å²) in [5.41, 5.74) is 1.38. The predicted molar refractivity (Wildman–Crippen MR) is 104 cm³/mol. The first-order valence-electron chi connectivity index (χ1n) is 9.04. The lowest BCUT2D eigenvalue weighted by Gasteiger charge is -2.38. The number of ether oxygens (including phenoxy) is 3. The molecule has 0 aromatic heterocycles. The molecular weight excluding hydrogens is 396 g/mol. The fraction of sp³-hybridized carbons (Fsp3) is 0.286. The number of phenolic OH excluding ortho intramolecular Hbond substituents is 2. The van der Waals surface area contributed by atoms with E-state index in [9.17, 15) is 30.3 Å². The van der Waals surface area contributed by atoms with Gasteiger partial charge in [0.2, 0.25) is 6.29 Å². The van der Waals surface area contributed by atoms with Crippen molar-refractivity contribution in [2.75, 3.05) is 7.11 Å². The van der Waals surface area contributed by atoms with Crippen LogP contribution >= 0.6 is 0 Å². The zero-order chi connectivity index (χ0) is 21.8. The van der Waals surface area contributed by atoms with E-state index >= 15 is 0 Å². The van der Waals surface area contributed by atoms with E-state index in [0.717, 1.165) is 12.7 Å². The molecule has 9 heteroatoms. The number of methoxy groups -OCH3 is 1. The predicted octanol–water partition coefficient (Wildman–Crippen LogP) is 0.628. The molecule has 0 amide bonds. The van der Waals surface area contributed by atoms with Crippen molar-refractivity contribution in [1.82, 2.24) is 0 Å². The summed E-state index contributed by atoms with van der Waals surface area (Å²) >= 11 is 0. The monoisotopic (exact) mass is 418 g/mol. The van der Waals surface area contributed by atoms with E-state index in [1.165, 1.54) is 18.2 Å². The lowest BCUT2D eigenvalue weighted by atomic mass is 9.99. The number of hydrogen-bond donors (Lipinski definition) is 5. The number of aliphatic hydroxyl groups is 3. The van der Waals surface area contributed by atoms with Gasteiger partial charge in [-0.15, -0.1) is 0 Å². The standard InChI is InChI=1S/C21H22O9/c1-28-20(27)19-17(25)16(24)18(26)21(30-19)29-15-6-4-11(5-7-15)2-3-12-8-13(22)10-14(23)9-12/h2-10,16-19,21-26H,1H3/b3-2-. The number of aliphatic hydroxyl groups excluding tert-OH is 3. The van der Waals surface area contributed by atoms with Crippen LogP contribution in [-0.2, 0) is 14.3 Å². The highest BCUT2D eigenvalue weighted by molar-refractivity contribution is 5.75. The molecule has 1 aliphatic rings. The smallest absolute Gasteiger partial charge is 0.337 e. The van der Waals surface area contributed by atoms with Gasteiger partial charge in [0.25, 0.3) is 0 Å². The highest BCUT2D eigenvalue weighted by Gasteiger charge is 2.48. The van der Waals surface area contributed by atoms with Crippen molar-refractivity contribution in [3.63, 3.8) is 0 Å². The number of carbonyl (C=O) groups is 1. The molecule has 30 heavy (non-hydrogen) atoms. The van der Waals surface area contributed by atoms with Gasteiger partial charge in [0, 0.05) is 6.07 Å². The Labute approximate surface area is 172 Å². The van der Waals surface area contributed by atoms with Gasteiger partial charge in [0.05, 0.1) is 7.11 Å². The van der Waals surface area contributed by atoms with Gasteiger partial charge in [-0.3, -0.25) is 0 Å². The van der Waals surface area contributed by atoms with E-state index in [0.29, 0.717) is 11.3 Å². The van der Waals surface area contributed by atoms with Gasteiger partial charge in [-0.2, -0.15) is 0 Å². The van der Waals surface area contributed by atoms with E-state index in [1.54, 1.807) is 36.4 Å². The minimum Gasteiger partial charge on any atom is -0.508 e. The molecule has 5 atom stereocenters. The fourth-order valence-corrected chi connectivity index (χ4v) is 2.95. The highest BCUT2D eigenvalue weighted by atomic mass is 16.7. The fourth-order valence-electron chi connectivity index (χ4n) is 2.95. The molecule has 160 valence electrons. The van der Waals surface area contributed by atoms with Crippen LogP contribution in [0.15, 0.2) is 42.5 Å². The van der Waals surface area contributed by atoms with Crippen molar-refractivity contribution < 1.29 is 44.5 Å². The van der Waals surface area contributed by atoms with Crippen molar-refractivity contribution in [3.05, 3.63) is 53.6 Å². The molecule has 1 aliphatic heterocycles. The highest BCUT2D eigenvalue weighted by Crippen LogP contribution is 2.26. The summed E-state index contributed by atoms with van der Waals surface area (Å²) < 4.78 is 15.3. The summed E-state index contributed by atoms with van der Waals surface area (Å²) in [6, 6.07) is 10.8. The number of rotatable bonds is 5. The maximum atomic E-state index is 11.7. The largest absolute Gasteiger partial charge is 0.508 e. The molecule has 1 heterocycles. The molecule has 1 saturated heterocycles. The van der Waals surface area contributed by atoms with Crippen LogP contribution < -0.4 is 4.74 Å². The van der Waals surface area contributed by atoms with Gasteiger partial charge >= 0.3 is 5.97 Å². The SMILES string of the molecule is COC(=O)C1OC(Oc2ccc(/C=C\c3cc(O)cc(O)c3)cc2)C(O)C(O)C1O. The Kier molecular flexibility index (Phi) is 6.58. The molecule has 0 bridgehead atoms. The van der Waals surface area contributed by atoms with Crippen LogP contribution in [-0.4, -0.2) is 69.3 Å². The first kappa shape index (κ1) is 21.6. The number of hydrogen-bond acceptors (Lipinski definition) is 9. The third-order valence-corrected chi connectivity index (χ3v) is 4.53. The van der Waals surface area contributed by atoms with Gasteiger partial charge < -0.3 is 39.7 Å². The lowest BCUT2D eigenvalue weighted by molar-refractivity contribution is -0.271. The summed E-state index contributed by atoms with van der Waals surface area (Å²) in [5, 5.41) is 48.9. The molecule has 9 nitrogen and oxygen atoms in total. The Morgan fingerprint density at radius 3 is 2.10 bits per heavy atom. The molecule has 3 rings (SSSR count). The average molecular weight is 418 g/mol. The Morgan fingerprint density at radius 1 is 0.900 bits per heavy atom. The zero-order valence-electron chi connectivity index (χ0n) is 16.0. The van der Waals surface area contributed by atoms with Crippen LogP contribution in [0, 0.1) is 0 Å². The maximum Gasteiger partial charge on any atom is 0.337 e. The second-order valence-corrected chi connectivity index (χ2v) is 6.72. The van der Waals surface area contributed by atoms with Crippen LogP contribution in [0.25, 0.3) is 12.2 Å². The van der Waals surface area contributed by atoms with E-state index < -0.39 is 36.7 Å². The Balaban J connectivity index is 1.68. The van der Waals surface area contributed by atoms with E-state index in [-0.39, 0.29) is 11.5 Å². The molecular formula is C21H22O9. The minimum atomic E-state index is -1.66. The van der Waals surface area contributed by atoms with Crippen LogP contribution in [0.2, 0.25) is 0 Å². The Bertz CT molecular complexity index is 889. The van der Waals surface area contributed by atoms with Gasteiger partial charge in [0.1, 0.15) is 35.6 Å². The normalized spacial score (nSPS) is 26.5. The zero-order valence-corrected chi connectivity index (χ0v) is 16.0. The molecule has 1 fully saturated rings. The summed E-state index contributed by atoms with van der Waals surface area (Å²) in [4.78, 5) is 11.7. The lowest BCUT2D eigenvalue weighted by Crippen LogP contribution is -2.61. The number of esters is 1. The number of aromatic hydroxyl groups is 2. The molecule has 5 unspecified atom stereocenters. The van der Waals surface area contributed by atoms with Crippen molar-refractivity contribution in [1.29, 1.82) is 0 Å². The molecule has 0 saturated carbocycles. The number of carbonyl (C=O) groups excluding carboxylic acids is 1. The minimum absolute atomic E-state index is 0.0537. The summed E-state index contributed by atoms with van der Waals surface area (Å²) in [6.07, 6.45) is -4.35. The van der Waals surface area contributed by atoms with Gasteiger partial charge in [-0.25, -0.2) is 4.79 Å². The molecule has 2 aromatic carbocycles. The van der Waals surface area contributed by atoms with Crippen molar-refractivity contribution in [3.8, 4) is 17.2 Å². The van der Waals surface area contributed by atoms with Crippen molar-refractivity contribution >= 4 is 18.1 Å². The number of benzene rings is 2.